The zero-order valence-corrected chi connectivity index (χ0v) is 17.5. The number of alkyl halides is 1. The van der Waals surface area contributed by atoms with Crippen LogP contribution < -0.4 is 15.4 Å². The van der Waals surface area contributed by atoms with Gasteiger partial charge < -0.3 is 25.4 Å². The number of carboxylic acid groups (broad SMARTS) is 1. The highest BCUT2D eigenvalue weighted by Gasteiger charge is 2.27. The van der Waals surface area contributed by atoms with E-state index in [4.69, 9.17) is 9.84 Å². The van der Waals surface area contributed by atoms with E-state index in [1.807, 2.05) is 0 Å². The van der Waals surface area contributed by atoms with Crippen LogP contribution >= 0.6 is 0 Å². The third-order valence-electron chi connectivity index (χ3n) is 5.84. The van der Waals surface area contributed by atoms with Crippen molar-refractivity contribution in [3.05, 3.63) is 29.8 Å². The smallest absolute Gasteiger partial charge is 0.317 e. The van der Waals surface area contributed by atoms with Crippen molar-refractivity contribution in [1.29, 1.82) is 0 Å². The van der Waals surface area contributed by atoms with Gasteiger partial charge >= 0.3 is 12.0 Å². The van der Waals surface area contributed by atoms with E-state index in [0.717, 1.165) is 0 Å². The van der Waals surface area contributed by atoms with E-state index < -0.39 is 12.1 Å². The van der Waals surface area contributed by atoms with Crippen LogP contribution in [0, 0.1) is 5.92 Å². The molecule has 0 spiro atoms. The Morgan fingerprint density at radius 1 is 0.968 bits per heavy atom. The first-order valence-electron chi connectivity index (χ1n) is 10.9. The summed E-state index contributed by atoms with van der Waals surface area (Å²) in [6.07, 6.45) is 2.55. The SMILES string of the molecule is O=C(NCCNC(=O)N1CCC(F)CC1)c1ccc(OC2CCC(C(=O)O)CC2)cc1. The summed E-state index contributed by atoms with van der Waals surface area (Å²) in [5.74, 6) is -0.617. The summed E-state index contributed by atoms with van der Waals surface area (Å²) in [5, 5.41) is 14.5. The second-order valence-corrected chi connectivity index (χ2v) is 8.10. The molecule has 3 N–H and O–H groups in total. The van der Waals surface area contributed by atoms with Gasteiger partial charge in [-0.05, 0) is 62.8 Å². The molecule has 1 aromatic rings. The predicted octanol–water partition coefficient (Wildman–Crippen LogP) is 2.58. The number of aliphatic carboxylic acids is 1. The van der Waals surface area contributed by atoms with Crippen LogP contribution in [-0.2, 0) is 4.79 Å². The van der Waals surface area contributed by atoms with Gasteiger partial charge in [0.2, 0.25) is 0 Å². The zero-order chi connectivity index (χ0) is 22.2. The number of carbonyl (C=O) groups is 3. The van der Waals surface area contributed by atoms with Crippen LogP contribution in [0.4, 0.5) is 9.18 Å². The summed E-state index contributed by atoms with van der Waals surface area (Å²) in [6.45, 7) is 1.40. The van der Waals surface area contributed by atoms with Crippen LogP contribution in [0.25, 0.3) is 0 Å². The fraction of sp³-hybridized carbons (Fsp3) is 0.591. The number of nitrogens with one attached hydrogen (secondary N) is 2. The zero-order valence-electron chi connectivity index (χ0n) is 17.5. The number of amides is 3. The third kappa shape index (κ3) is 6.83. The number of urea groups is 1. The molecule has 31 heavy (non-hydrogen) atoms. The largest absolute Gasteiger partial charge is 0.490 e. The first kappa shape index (κ1) is 22.8. The fourth-order valence-corrected chi connectivity index (χ4v) is 3.92. The minimum atomic E-state index is -0.827. The van der Waals surface area contributed by atoms with Gasteiger partial charge in [0.05, 0.1) is 12.0 Å². The molecule has 1 aliphatic carbocycles. The van der Waals surface area contributed by atoms with Crippen LogP contribution in [0.2, 0.25) is 0 Å². The summed E-state index contributed by atoms with van der Waals surface area (Å²) >= 11 is 0. The molecular weight excluding hydrogens is 405 g/mol. The highest BCUT2D eigenvalue weighted by molar-refractivity contribution is 5.94. The van der Waals surface area contributed by atoms with Gasteiger partial charge in [-0.15, -0.1) is 0 Å². The average molecular weight is 435 g/mol. The molecule has 2 fully saturated rings. The van der Waals surface area contributed by atoms with E-state index in [2.05, 4.69) is 10.6 Å². The maximum atomic E-state index is 13.1. The van der Waals surface area contributed by atoms with Gasteiger partial charge in [0.1, 0.15) is 11.9 Å². The Kier molecular flexibility index (Phi) is 8.08. The van der Waals surface area contributed by atoms with Crippen LogP contribution in [0.5, 0.6) is 5.75 Å². The number of carbonyl (C=O) groups excluding carboxylic acids is 2. The van der Waals surface area contributed by atoms with Gasteiger partial charge in [-0.1, -0.05) is 0 Å². The molecule has 0 aromatic heterocycles. The molecule has 9 heteroatoms. The molecule has 3 rings (SSSR count). The highest BCUT2D eigenvalue weighted by atomic mass is 19.1. The van der Waals surface area contributed by atoms with Crippen molar-refractivity contribution in [1.82, 2.24) is 15.5 Å². The van der Waals surface area contributed by atoms with Gasteiger partial charge in [-0.2, -0.15) is 0 Å². The number of nitrogens with zero attached hydrogens (tertiary/aromatic N) is 1. The van der Waals surface area contributed by atoms with E-state index >= 15 is 0 Å². The van der Waals surface area contributed by atoms with Gasteiger partial charge in [-0.25, -0.2) is 9.18 Å². The Hall–Kier alpha value is -2.84. The lowest BCUT2D eigenvalue weighted by Gasteiger charge is -2.28. The molecule has 1 aromatic carbocycles. The second kappa shape index (κ2) is 11.0. The monoisotopic (exact) mass is 435 g/mol. The van der Waals surface area contributed by atoms with Gasteiger partial charge in [0.25, 0.3) is 5.91 Å². The van der Waals surface area contributed by atoms with Crippen LogP contribution in [0.15, 0.2) is 24.3 Å². The van der Waals surface area contributed by atoms with Crippen molar-refractivity contribution in [2.24, 2.45) is 5.92 Å². The Balaban J connectivity index is 1.34. The van der Waals surface area contributed by atoms with Gasteiger partial charge in [0.15, 0.2) is 0 Å². The lowest BCUT2D eigenvalue weighted by molar-refractivity contribution is -0.143. The summed E-state index contributed by atoms with van der Waals surface area (Å²) in [5.41, 5.74) is 0.485. The average Bonchev–Trinajstić information content (AvgIpc) is 2.78. The van der Waals surface area contributed by atoms with E-state index in [1.165, 1.54) is 0 Å². The molecule has 0 unspecified atom stereocenters. The van der Waals surface area contributed by atoms with Crippen LogP contribution in [-0.4, -0.2) is 66.4 Å². The summed E-state index contributed by atoms with van der Waals surface area (Å²) in [7, 11) is 0. The van der Waals surface area contributed by atoms with E-state index in [-0.39, 0.29) is 30.5 Å². The highest BCUT2D eigenvalue weighted by Crippen LogP contribution is 2.28. The topological polar surface area (TPSA) is 108 Å². The number of halogens is 1. The quantitative estimate of drug-likeness (QED) is 0.571. The standard InChI is InChI=1S/C22H30FN3O5/c23-17-9-13-26(14-10-17)22(30)25-12-11-24-20(27)15-1-5-18(6-2-15)31-19-7-3-16(4-8-19)21(28)29/h1-2,5-6,16-17,19H,3-4,7-14H2,(H,24,27)(H,25,30)(H,28,29). The maximum Gasteiger partial charge on any atom is 0.317 e. The van der Waals surface area contributed by atoms with Crippen molar-refractivity contribution < 1.29 is 28.6 Å². The number of rotatable bonds is 7. The summed E-state index contributed by atoms with van der Waals surface area (Å²) in [4.78, 5) is 36.9. The Bertz CT molecular complexity index is 757. The van der Waals surface area contributed by atoms with Crippen LogP contribution in [0.3, 0.4) is 0 Å². The third-order valence-corrected chi connectivity index (χ3v) is 5.84. The molecule has 0 radical (unpaired) electrons. The maximum absolute atomic E-state index is 13.1. The number of hydrogen-bond acceptors (Lipinski definition) is 4. The van der Waals surface area contributed by atoms with Gasteiger partial charge in [-0.3, -0.25) is 9.59 Å². The molecule has 3 amide bonds. The normalized spacial score (nSPS) is 21.9. The fourth-order valence-electron chi connectivity index (χ4n) is 3.92. The molecule has 1 heterocycles. The molecule has 8 nitrogen and oxygen atoms in total. The molecule has 170 valence electrons. The number of benzene rings is 1. The van der Waals surface area contributed by atoms with E-state index in [0.29, 0.717) is 69.5 Å². The molecule has 0 atom stereocenters. The van der Waals surface area contributed by atoms with Crippen molar-refractivity contribution in [3.8, 4) is 5.75 Å². The van der Waals surface area contributed by atoms with Crippen molar-refractivity contribution in [3.63, 3.8) is 0 Å². The predicted molar refractivity (Wildman–Crippen MR) is 112 cm³/mol. The molecular formula is C22H30FN3O5. The Morgan fingerprint density at radius 3 is 2.19 bits per heavy atom. The second-order valence-electron chi connectivity index (χ2n) is 8.10. The molecule has 1 saturated heterocycles. The Labute approximate surface area is 181 Å². The summed E-state index contributed by atoms with van der Waals surface area (Å²) < 4.78 is 19.0. The van der Waals surface area contributed by atoms with Gasteiger partial charge in [0, 0.05) is 31.7 Å². The number of hydrogen-bond donors (Lipinski definition) is 3. The van der Waals surface area contributed by atoms with Crippen molar-refractivity contribution in [2.75, 3.05) is 26.2 Å². The molecule has 0 bridgehead atoms. The summed E-state index contributed by atoms with van der Waals surface area (Å²) in [6, 6.07) is 6.57. The van der Waals surface area contributed by atoms with Crippen LogP contribution in [0.1, 0.15) is 48.9 Å². The minimum Gasteiger partial charge on any atom is -0.490 e. The van der Waals surface area contributed by atoms with E-state index in [9.17, 15) is 18.8 Å². The van der Waals surface area contributed by atoms with Crippen molar-refractivity contribution in [2.45, 2.75) is 50.8 Å². The first-order valence-corrected chi connectivity index (χ1v) is 10.9. The molecule has 2 aliphatic rings. The first-order chi connectivity index (χ1) is 14.9. The number of likely N-dealkylation sites (tertiary alicyclic amines) is 1. The Morgan fingerprint density at radius 2 is 1.58 bits per heavy atom. The van der Waals surface area contributed by atoms with E-state index in [1.54, 1.807) is 29.2 Å². The van der Waals surface area contributed by atoms with Crippen molar-refractivity contribution >= 4 is 17.9 Å². The number of carboxylic acids is 1. The molecule has 1 saturated carbocycles. The lowest BCUT2D eigenvalue weighted by Crippen LogP contribution is -2.46. The number of ether oxygens (including phenoxy) is 1. The minimum absolute atomic E-state index is 0.00502. The lowest BCUT2D eigenvalue weighted by atomic mass is 9.87. The molecule has 1 aliphatic heterocycles. The number of piperidine rings is 1.